The molecule has 43 heavy (non-hydrogen) atoms. The summed E-state index contributed by atoms with van der Waals surface area (Å²) < 4.78 is 43.6. The number of Topliss-reactive ketones (excluding diaryl/α,β-unsaturated/α-hetero) is 1. The van der Waals surface area contributed by atoms with Crippen LogP contribution in [0.4, 0.5) is 13.2 Å². The summed E-state index contributed by atoms with van der Waals surface area (Å²) in [7, 11) is 0. The first kappa shape index (κ1) is 30.1. The summed E-state index contributed by atoms with van der Waals surface area (Å²) in [5, 5.41) is 0.517. The van der Waals surface area contributed by atoms with Crippen LogP contribution >= 0.6 is 11.6 Å². The van der Waals surface area contributed by atoms with Crippen molar-refractivity contribution < 1.29 is 22.7 Å². The molecule has 4 aromatic carbocycles. The number of nitrogens with one attached hydrogen (secondary N) is 1. The number of fused-ring (bicyclic) bond motifs is 1. The number of halogens is 4. The van der Waals surface area contributed by atoms with Crippen molar-refractivity contribution in [3.05, 3.63) is 113 Å². The fourth-order valence-corrected chi connectivity index (χ4v) is 5.73. The van der Waals surface area contributed by atoms with E-state index < -0.39 is 12.3 Å². The standard InChI is InChI=1S/C35H30ClF3N2O2/c1-4-10-22(24-11-5-8-16-32(24)43-35(37,38)39)20-31(42)23-17-18-25(27(19-23)21(2)3)33-26(12-9-13-28(33)36)34-40-29-14-6-7-15-30(29)41-34/h5-9,11-19,22H,2,4,10,20H2,1,3H3,(H,40,41). The molecule has 8 heteroatoms. The molecule has 0 spiro atoms. The van der Waals surface area contributed by atoms with E-state index >= 15 is 0 Å². The summed E-state index contributed by atoms with van der Waals surface area (Å²) in [6.07, 6.45) is -3.60. The number of aromatic nitrogens is 2. The Morgan fingerprint density at radius 3 is 2.47 bits per heavy atom. The fraction of sp³-hybridized carbons (Fsp3) is 0.200. The molecule has 0 amide bonds. The number of rotatable bonds is 10. The summed E-state index contributed by atoms with van der Waals surface area (Å²) in [5.74, 6) is -0.261. The topological polar surface area (TPSA) is 55.0 Å². The van der Waals surface area contributed by atoms with Crippen molar-refractivity contribution in [2.45, 2.75) is 45.4 Å². The van der Waals surface area contributed by atoms with Gasteiger partial charge in [-0.1, -0.05) is 91.7 Å². The Hall–Kier alpha value is -4.36. The van der Waals surface area contributed by atoms with Gasteiger partial charge in [-0.2, -0.15) is 0 Å². The van der Waals surface area contributed by atoms with E-state index in [4.69, 9.17) is 16.6 Å². The summed E-state index contributed by atoms with van der Waals surface area (Å²) in [5.41, 5.74) is 6.34. The van der Waals surface area contributed by atoms with Crippen LogP contribution in [0.1, 0.15) is 60.5 Å². The molecule has 220 valence electrons. The normalized spacial score (nSPS) is 12.3. The first-order valence-electron chi connectivity index (χ1n) is 14.0. The van der Waals surface area contributed by atoms with Gasteiger partial charge >= 0.3 is 6.36 Å². The predicted molar refractivity (Wildman–Crippen MR) is 166 cm³/mol. The molecule has 1 heterocycles. The third-order valence-corrected chi connectivity index (χ3v) is 7.70. The van der Waals surface area contributed by atoms with Crippen LogP contribution in [-0.2, 0) is 0 Å². The van der Waals surface area contributed by atoms with E-state index in [2.05, 4.69) is 16.3 Å². The average molecular weight is 603 g/mol. The van der Waals surface area contributed by atoms with Gasteiger partial charge in [-0.05, 0) is 66.3 Å². The molecule has 5 aromatic rings. The van der Waals surface area contributed by atoms with Crippen molar-refractivity contribution in [2.75, 3.05) is 0 Å². The zero-order valence-electron chi connectivity index (χ0n) is 23.8. The molecule has 1 aromatic heterocycles. The zero-order chi connectivity index (χ0) is 30.7. The van der Waals surface area contributed by atoms with Crippen molar-refractivity contribution in [3.63, 3.8) is 0 Å². The van der Waals surface area contributed by atoms with Crippen LogP contribution in [0.3, 0.4) is 0 Å². The van der Waals surface area contributed by atoms with Gasteiger partial charge in [0.1, 0.15) is 11.6 Å². The fourth-order valence-electron chi connectivity index (χ4n) is 5.46. The number of H-pyrrole nitrogens is 1. The van der Waals surface area contributed by atoms with E-state index in [0.29, 0.717) is 34.8 Å². The minimum Gasteiger partial charge on any atom is -0.405 e. The second-order valence-electron chi connectivity index (χ2n) is 10.5. The highest BCUT2D eigenvalue weighted by molar-refractivity contribution is 6.34. The Balaban J connectivity index is 1.52. The highest BCUT2D eigenvalue weighted by Gasteiger charge is 2.33. The molecule has 0 aliphatic carbocycles. The van der Waals surface area contributed by atoms with Gasteiger partial charge in [0.05, 0.1) is 11.0 Å². The Morgan fingerprint density at radius 2 is 1.74 bits per heavy atom. The number of hydrogen-bond acceptors (Lipinski definition) is 3. The third-order valence-electron chi connectivity index (χ3n) is 7.38. The van der Waals surface area contributed by atoms with Gasteiger partial charge in [0.2, 0.25) is 0 Å². The number of benzene rings is 4. The number of alkyl halides is 3. The number of imidazole rings is 1. The van der Waals surface area contributed by atoms with Crippen molar-refractivity contribution >= 4 is 34.0 Å². The highest BCUT2D eigenvalue weighted by Crippen LogP contribution is 2.41. The lowest BCUT2D eigenvalue weighted by atomic mass is 9.85. The van der Waals surface area contributed by atoms with Gasteiger partial charge in [-0.15, -0.1) is 13.2 Å². The number of aromatic amines is 1. The summed E-state index contributed by atoms with van der Waals surface area (Å²) >= 11 is 6.79. The molecular formula is C35H30ClF3N2O2. The van der Waals surface area contributed by atoms with Gasteiger partial charge < -0.3 is 9.72 Å². The van der Waals surface area contributed by atoms with Gasteiger partial charge in [0, 0.05) is 28.1 Å². The van der Waals surface area contributed by atoms with E-state index in [-0.39, 0.29) is 18.0 Å². The minimum absolute atomic E-state index is 0.0252. The molecule has 1 N–H and O–H groups in total. The van der Waals surface area contributed by atoms with Gasteiger partial charge in [0.15, 0.2) is 5.78 Å². The zero-order valence-corrected chi connectivity index (χ0v) is 24.5. The van der Waals surface area contributed by atoms with Crippen molar-refractivity contribution in [1.82, 2.24) is 9.97 Å². The van der Waals surface area contributed by atoms with E-state index in [0.717, 1.165) is 38.9 Å². The maximum absolute atomic E-state index is 13.6. The SMILES string of the molecule is C=C(C)c1cc(C(=O)CC(CCC)c2ccccc2OC(F)(F)F)ccc1-c1c(Cl)cccc1-c1nc2ccccc2[nH]1. The first-order valence-corrected chi connectivity index (χ1v) is 14.3. The lowest BCUT2D eigenvalue weighted by Gasteiger charge is -2.21. The molecule has 1 unspecified atom stereocenters. The second-order valence-corrected chi connectivity index (χ2v) is 10.9. The van der Waals surface area contributed by atoms with Crippen LogP contribution in [0.15, 0.2) is 91.5 Å². The monoisotopic (exact) mass is 602 g/mol. The van der Waals surface area contributed by atoms with E-state index in [1.165, 1.54) is 12.1 Å². The minimum atomic E-state index is -4.83. The van der Waals surface area contributed by atoms with Crippen LogP contribution in [0.5, 0.6) is 5.75 Å². The Kier molecular flexibility index (Phi) is 8.74. The average Bonchev–Trinajstić information content (AvgIpc) is 3.40. The molecular weight excluding hydrogens is 573 g/mol. The highest BCUT2D eigenvalue weighted by atomic mass is 35.5. The Labute approximate surface area is 253 Å². The number of ketones is 1. The van der Waals surface area contributed by atoms with Crippen LogP contribution in [0, 0.1) is 0 Å². The lowest BCUT2D eigenvalue weighted by molar-refractivity contribution is -0.275. The van der Waals surface area contributed by atoms with Crippen LogP contribution in [-0.4, -0.2) is 22.1 Å². The Morgan fingerprint density at radius 1 is 1.00 bits per heavy atom. The van der Waals surface area contributed by atoms with Crippen LogP contribution < -0.4 is 4.74 Å². The van der Waals surface area contributed by atoms with Crippen LogP contribution in [0.25, 0.3) is 39.1 Å². The molecule has 0 aliphatic rings. The second kappa shape index (κ2) is 12.5. The maximum atomic E-state index is 13.6. The van der Waals surface area contributed by atoms with E-state index in [1.807, 2.05) is 56.3 Å². The number of ether oxygens (including phenoxy) is 1. The summed E-state index contributed by atoms with van der Waals surface area (Å²) in [6, 6.07) is 24.7. The molecule has 0 fully saturated rings. The number of nitrogens with zero attached hydrogens (tertiary/aromatic N) is 1. The van der Waals surface area contributed by atoms with E-state index in [9.17, 15) is 18.0 Å². The predicted octanol–water partition coefficient (Wildman–Crippen LogP) is 10.6. The van der Waals surface area contributed by atoms with Crippen molar-refractivity contribution in [2.24, 2.45) is 0 Å². The largest absolute Gasteiger partial charge is 0.573 e. The summed E-state index contributed by atoms with van der Waals surface area (Å²) in [4.78, 5) is 21.8. The van der Waals surface area contributed by atoms with Crippen LogP contribution in [0.2, 0.25) is 5.02 Å². The molecule has 0 aliphatic heterocycles. The number of carbonyl (C=O) groups is 1. The quantitative estimate of drug-likeness (QED) is 0.162. The van der Waals surface area contributed by atoms with Crippen molar-refractivity contribution in [1.29, 1.82) is 0 Å². The molecule has 0 bridgehead atoms. The Bertz CT molecular complexity index is 1780. The molecule has 1 atom stereocenters. The first-order chi connectivity index (χ1) is 20.6. The number of allylic oxidation sites excluding steroid dienone is 1. The maximum Gasteiger partial charge on any atom is 0.573 e. The molecule has 5 rings (SSSR count). The molecule has 4 nitrogen and oxygen atoms in total. The van der Waals surface area contributed by atoms with Gasteiger partial charge in [-0.25, -0.2) is 4.98 Å². The van der Waals surface area contributed by atoms with E-state index in [1.54, 1.807) is 30.3 Å². The molecule has 0 saturated carbocycles. The smallest absolute Gasteiger partial charge is 0.405 e. The molecule has 0 saturated heterocycles. The molecule has 0 radical (unpaired) electrons. The van der Waals surface area contributed by atoms with Gasteiger partial charge in [0.25, 0.3) is 0 Å². The van der Waals surface area contributed by atoms with Crippen molar-refractivity contribution in [3.8, 4) is 28.3 Å². The summed E-state index contributed by atoms with van der Waals surface area (Å²) in [6.45, 7) is 7.95. The number of para-hydroxylation sites is 3. The lowest BCUT2D eigenvalue weighted by Crippen LogP contribution is -2.19. The number of hydrogen-bond donors (Lipinski definition) is 1. The third kappa shape index (κ3) is 6.67. The number of carbonyl (C=O) groups excluding carboxylic acids is 1. The van der Waals surface area contributed by atoms with Gasteiger partial charge in [-0.3, -0.25) is 4.79 Å².